The average molecular weight is 779 g/mol. The van der Waals surface area contributed by atoms with Crippen molar-refractivity contribution in [1.29, 1.82) is 0 Å². The Morgan fingerprint density at radius 3 is 1.33 bits per heavy atom. The van der Waals surface area contributed by atoms with E-state index in [0.717, 1.165) is 27.5 Å². The summed E-state index contributed by atoms with van der Waals surface area (Å²) in [5.74, 6) is 0. The van der Waals surface area contributed by atoms with E-state index >= 15 is 0 Å². The molecule has 2 heteroatoms. The highest BCUT2D eigenvalue weighted by atomic mass is 32.1. The second-order valence-electron chi connectivity index (χ2n) is 15.8. The molecule has 0 bridgehead atoms. The van der Waals surface area contributed by atoms with Crippen LogP contribution in [0.1, 0.15) is 0 Å². The van der Waals surface area contributed by atoms with Crippen LogP contribution in [0.4, 0.5) is 0 Å². The highest BCUT2D eigenvalue weighted by molar-refractivity contribution is 7.26. The summed E-state index contributed by atoms with van der Waals surface area (Å²) in [4.78, 5) is 0. The molecule has 0 radical (unpaired) electrons. The molecule has 0 unspecified atom stereocenters. The summed E-state index contributed by atoms with van der Waals surface area (Å²) < 4.78 is 9.25. The van der Waals surface area contributed by atoms with Crippen LogP contribution in [0.25, 0.3) is 130 Å². The molecule has 2 heterocycles. The summed E-state index contributed by atoms with van der Waals surface area (Å²) >= 11 is 1.91. The molecule has 1 nitrogen and oxygen atoms in total. The van der Waals surface area contributed by atoms with Crippen molar-refractivity contribution in [2.24, 2.45) is 0 Å². The Morgan fingerprint density at radius 1 is 0.283 bits per heavy atom. The lowest BCUT2D eigenvalue weighted by molar-refractivity contribution is 0.670. The molecule has 13 rings (SSSR count). The van der Waals surface area contributed by atoms with Gasteiger partial charge in [0.25, 0.3) is 0 Å². The maximum Gasteiger partial charge on any atom is 0.143 e. The fourth-order valence-corrected chi connectivity index (χ4v) is 11.4. The molecular formula is C58H34OS. The van der Waals surface area contributed by atoms with Crippen molar-refractivity contribution in [1.82, 2.24) is 0 Å². The molecule has 0 aliphatic carbocycles. The standard InChI is InChI=1S/C58H34OS/c1-2-16-35(17-3-1)53-39-19-4-6-21-41(39)54(42-22-7-5-20-40(42)53)36-32-33-38-48-28-15-30-50(58(48)60-52(38)34-36)56-45-25-10-8-23-43(45)55(44-24-9-11-26-46(44)56)49-29-14-27-47-37-18-12-13-31-51(37)59-57(47)49/h1-34H. The third-order valence-electron chi connectivity index (χ3n) is 12.7. The molecule has 0 aliphatic heterocycles. The first-order valence-electron chi connectivity index (χ1n) is 20.6. The zero-order valence-corrected chi connectivity index (χ0v) is 33.3. The maximum atomic E-state index is 6.66. The fraction of sp³-hybridized carbons (Fsp3) is 0. The van der Waals surface area contributed by atoms with Gasteiger partial charge in [0.1, 0.15) is 11.2 Å². The summed E-state index contributed by atoms with van der Waals surface area (Å²) in [5, 5.41) is 14.9. The lowest BCUT2D eigenvalue weighted by atomic mass is 9.85. The van der Waals surface area contributed by atoms with E-state index in [1.807, 2.05) is 17.4 Å². The van der Waals surface area contributed by atoms with Crippen molar-refractivity contribution in [3.05, 3.63) is 206 Å². The van der Waals surface area contributed by atoms with E-state index in [4.69, 9.17) is 4.42 Å². The summed E-state index contributed by atoms with van der Waals surface area (Å²) in [6.07, 6.45) is 0. The molecular weight excluding hydrogens is 745 g/mol. The van der Waals surface area contributed by atoms with Crippen LogP contribution in [0.15, 0.2) is 211 Å². The largest absolute Gasteiger partial charge is 0.455 e. The molecule has 0 spiro atoms. The van der Waals surface area contributed by atoms with Crippen molar-refractivity contribution in [2.75, 3.05) is 0 Å². The Kier molecular flexibility index (Phi) is 7.24. The summed E-state index contributed by atoms with van der Waals surface area (Å²) in [7, 11) is 0. The maximum absolute atomic E-state index is 6.66. The van der Waals surface area contributed by atoms with E-state index in [1.165, 1.54) is 102 Å². The average Bonchev–Trinajstić information content (AvgIpc) is 3.89. The van der Waals surface area contributed by atoms with Gasteiger partial charge >= 0.3 is 0 Å². The molecule has 0 saturated heterocycles. The fourth-order valence-electron chi connectivity index (χ4n) is 10.2. The molecule has 13 aromatic rings. The van der Waals surface area contributed by atoms with E-state index in [-0.39, 0.29) is 0 Å². The molecule has 278 valence electrons. The third kappa shape index (κ3) is 4.80. The van der Waals surface area contributed by atoms with Gasteiger partial charge in [-0.25, -0.2) is 0 Å². The van der Waals surface area contributed by atoms with Crippen molar-refractivity contribution in [2.45, 2.75) is 0 Å². The number of furan rings is 1. The Hall–Kier alpha value is -7.52. The molecule has 0 atom stereocenters. The number of rotatable bonds is 4. The van der Waals surface area contributed by atoms with Crippen LogP contribution in [0, 0.1) is 0 Å². The van der Waals surface area contributed by atoms with Crippen LogP contribution >= 0.6 is 11.3 Å². The summed E-state index contributed by atoms with van der Waals surface area (Å²) in [5.41, 5.74) is 11.8. The lowest BCUT2D eigenvalue weighted by Gasteiger charge is -2.18. The first-order valence-corrected chi connectivity index (χ1v) is 21.4. The van der Waals surface area contributed by atoms with Gasteiger partial charge in [0.15, 0.2) is 0 Å². The van der Waals surface area contributed by atoms with Crippen LogP contribution in [0.3, 0.4) is 0 Å². The molecule has 60 heavy (non-hydrogen) atoms. The van der Waals surface area contributed by atoms with Gasteiger partial charge in [-0.2, -0.15) is 0 Å². The monoisotopic (exact) mass is 778 g/mol. The molecule has 0 fully saturated rings. The van der Waals surface area contributed by atoms with E-state index < -0.39 is 0 Å². The predicted octanol–water partition coefficient (Wildman–Crippen LogP) is 17.2. The quantitative estimate of drug-likeness (QED) is 0.162. The summed E-state index contributed by atoms with van der Waals surface area (Å²) in [6.45, 7) is 0. The normalized spacial score (nSPS) is 12.0. The lowest BCUT2D eigenvalue weighted by Crippen LogP contribution is -1.91. The summed E-state index contributed by atoms with van der Waals surface area (Å²) in [6, 6.07) is 75.5. The van der Waals surface area contributed by atoms with Gasteiger partial charge in [0.05, 0.1) is 0 Å². The van der Waals surface area contributed by atoms with Gasteiger partial charge < -0.3 is 4.42 Å². The van der Waals surface area contributed by atoms with E-state index in [0.29, 0.717) is 0 Å². The van der Waals surface area contributed by atoms with Crippen LogP contribution < -0.4 is 0 Å². The topological polar surface area (TPSA) is 13.1 Å². The molecule has 0 amide bonds. The molecule has 11 aromatic carbocycles. The number of para-hydroxylation sites is 2. The van der Waals surface area contributed by atoms with Crippen molar-refractivity contribution < 1.29 is 4.42 Å². The number of hydrogen-bond donors (Lipinski definition) is 0. The molecule has 0 saturated carbocycles. The second-order valence-corrected chi connectivity index (χ2v) is 16.9. The van der Waals surface area contributed by atoms with E-state index in [9.17, 15) is 0 Å². The minimum atomic E-state index is 0.912. The van der Waals surface area contributed by atoms with E-state index in [2.05, 4.69) is 200 Å². The van der Waals surface area contributed by atoms with Crippen LogP contribution in [-0.4, -0.2) is 0 Å². The highest BCUT2D eigenvalue weighted by Gasteiger charge is 2.23. The highest BCUT2D eigenvalue weighted by Crippen LogP contribution is 2.50. The van der Waals surface area contributed by atoms with Crippen molar-refractivity contribution >= 4 is 96.5 Å². The predicted molar refractivity (Wildman–Crippen MR) is 258 cm³/mol. The van der Waals surface area contributed by atoms with Gasteiger partial charge in [0.2, 0.25) is 0 Å². The minimum absolute atomic E-state index is 0.912. The van der Waals surface area contributed by atoms with Crippen molar-refractivity contribution in [3.8, 4) is 44.5 Å². The zero-order chi connectivity index (χ0) is 39.3. The Bertz CT molecular complexity index is 3770. The number of fused-ring (bicyclic) bond motifs is 10. The van der Waals surface area contributed by atoms with E-state index in [1.54, 1.807) is 0 Å². The Balaban J connectivity index is 1.06. The van der Waals surface area contributed by atoms with Gasteiger partial charge in [-0.1, -0.05) is 194 Å². The first kappa shape index (κ1) is 33.5. The van der Waals surface area contributed by atoms with Gasteiger partial charge in [-0.3, -0.25) is 0 Å². The first-order chi connectivity index (χ1) is 29.8. The number of thiophene rings is 1. The van der Waals surface area contributed by atoms with Gasteiger partial charge in [0, 0.05) is 47.6 Å². The minimum Gasteiger partial charge on any atom is -0.455 e. The Morgan fingerprint density at radius 2 is 0.733 bits per heavy atom. The Labute approximate surface area is 350 Å². The van der Waals surface area contributed by atoms with Crippen LogP contribution in [0.2, 0.25) is 0 Å². The SMILES string of the molecule is c1ccc(-c2c3ccccc3c(-c3ccc4c(c3)sc3c(-c5c6ccccc6c(-c6cccc7c6oc6ccccc67)c6ccccc56)cccc34)c3ccccc23)cc1. The van der Waals surface area contributed by atoms with Crippen LogP contribution in [0.5, 0.6) is 0 Å². The molecule has 2 aromatic heterocycles. The molecule has 0 N–H and O–H groups in total. The van der Waals surface area contributed by atoms with Gasteiger partial charge in [-0.15, -0.1) is 11.3 Å². The van der Waals surface area contributed by atoms with Gasteiger partial charge in [-0.05, 0) is 83.0 Å². The van der Waals surface area contributed by atoms with Crippen LogP contribution in [-0.2, 0) is 0 Å². The number of benzene rings is 11. The number of hydrogen-bond acceptors (Lipinski definition) is 2. The second kappa shape index (κ2) is 13.0. The smallest absolute Gasteiger partial charge is 0.143 e. The third-order valence-corrected chi connectivity index (χ3v) is 13.9. The zero-order valence-electron chi connectivity index (χ0n) is 32.4. The molecule has 0 aliphatic rings. The van der Waals surface area contributed by atoms with Crippen molar-refractivity contribution in [3.63, 3.8) is 0 Å².